The van der Waals surface area contributed by atoms with Gasteiger partial charge < -0.3 is 4.55 Å². The van der Waals surface area contributed by atoms with Crippen molar-refractivity contribution in [2.24, 2.45) is 0 Å². The molecule has 0 bridgehead atoms. The summed E-state index contributed by atoms with van der Waals surface area (Å²) < 4.78 is 18.9. The zero-order chi connectivity index (χ0) is 7.56. The average molecular weight is 177 g/mol. The summed E-state index contributed by atoms with van der Waals surface area (Å²) in [5.41, 5.74) is 0. The number of aromatic nitrogens is 1. The molecule has 1 N–H and O–H groups in total. The van der Waals surface area contributed by atoms with Gasteiger partial charge in [-0.05, 0) is 6.42 Å². The normalized spacial score (nSPS) is 13.4. The van der Waals surface area contributed by atoms with Gasteiger partial charge in [-0.2, -0.15) is 0 Å². The molecule has 0 saturated carbocycles. The molecule has 0 aromatic carbocycles. The van der Waals surface area contributed by atoms with Gasteiger partial charge in [0.05, 0.1) is 5.01 Å². The molecule has 1 atom stereocenters. The van der Waals surface area contributed by atoms with Gasteiger partial charge in [-0.25, -0.2) is 9.19 Å². The summed E-state index contributed by atoms with van der Waals surface area (Å²) in [5.74, 6) is 0. The molecule has 0 aliphatic carbocycles. The van der Waals surface area contributed by atoms with Crippen molar-refractivity contribution < 1.29 is 8.76 Å². The van der Waals surface area contributed by atoms with E-state index in [-0.39, 0.29) is 5.03 Å². The third kappa shape index (κ3) is 1.62. The van der Waals surface area contributed by atoms with Gasteiger partial charge in [0.15, 0.2) is 5.03 Å². The van der Waals surface area contributed by atoms with Crippen LogP contribution in [0.3, 0.4) is 0 Å². The number of aryl methyl sites for hydroxylation is 1. The van der Waals surface area contributed by atoms with Crippen LogP contribution in [0.4, 0.5) is 0 Å². The Hall–Kier alpha value is -0.260. The van der Waals surface area contributed by atoms with E-state index in [9.17, 15) is 4.21 Å². The topological polar surface area (TPSA) is 50.2 Å². The van der Waals surface area contributed by atoms with Crippen molar-refractivity contribution in [1.29, 1.82) is 0 Å². The monoisotopic (exact) mass is 177 g/mol. The number of hydrogen-bond donors (Lipinski definition) is 1. The van der Waals surface area contributed by atoms with Gasteiger partial charge in [-0.3, -0.25) is 0 Å². The van der Waals surface area contributed by atoms with E-state index in [2.05, 4.69) is 4.98 Å². The largest absolute Gasteiger partial charge is 0.301 e. The van der Waals surface area contributed by atoms with E-state index in [0.717, 1.165) is 11.4 Å². The smallest absolute Gasteiger partial charge is 0.206 e. The van der Waals surface area contributed by atoms with Crippen molar-refractivity contribution in [3.63, 3.8) is 0 Å². The summed E-state index contributed by atoms with van der Waals surface area (Å²) in [6, 6.07) is 0. The quantitative estimate of drug-likeness (QED) is 0.692. The van der Waals surface area contributed by atoms with E-state index in [4.69, 9.17) is 4.55 Å². The summed E-state index contributed by atoms with van der Waals surface area (Å²) in [4.78, 5) is 3.90. The predicted molar refractivity (Wildman–Crippen MR) is 40.5 cm³/mol. The average Bonchev–Trinajstić information content (AvgIpc) is 2.34. The maximum Gasteiger partial charge on any atom is 0.206 e. The van der Waals surface area contributed by atoms with Crippen LogP contribution in [0.25, 0.3) is 0 Å². The molecule has 1 aromatic heterocycles. The number of hydrogen-bond acceptors (Lipinski definition) is 3. The molecule has 0 radical (unpaired) electrons. The summed E-state index contributed by atoms with van der Waals surface area (Å²) in [7, 11) is 0. The molecule has 0 aliphatic heterocycles. The molecule has 0 saturated heterocycles. The first-order valence-electron chi connectivity index (χ1n) is 2.79. The molecule has 0 amide bonds. The zero-order valence-electron chi connectivity index (χ0n) is 5.40. The Kier molecular flexibility index (Phi) is 2.53. The molecular weight excluding hydrogens is 170 g/mol. The van der Waals surface area contributed by atoms with Crippen LogP contribution in [0, 0.1) is 0 Å². The Morgan fingerprint density at radius 1 is 1.90 bits per heavy atom. The first kappa shape index (κ1) is 7.84. The molecule has 1 aromatic rings. The number of rotatable bonds is 2. The highest BCUT2D eigenvalue weighted by molar-refractivity contribution is 7.79. The lowest BCUT2D eigenvalue weighted by molar-refractivity contribution is 0.561. The van der Waals surface area contributed by atoms with Crippen LogP contribution >= 0.6 is 11.3 Å². The highest BCUT2D eigenvalue weighted by atomic mass is 32.2. The van der Waals surface area contributed by atoms with E-state index >= 15 is 0 Å². The van der Waals surface area contributed by atoms with Crippen LogP contribution in [0.2, 0.25) is 0 Å². The first-order valence-corrected chi connectivity index (χ1v) is 4.78. The Balaban J connectivity index is 2.88. The molecule has 1 heterocycles. The molecule has 1 rings (SSSR count). The third-order valence-electron chi connectivity index (χ3n) is 1.01. The van der Waals surface area contributed by atoms with Gasteiger partial charge in [-0.15, -0.1) is 11.3 Å². The lowest BCUT2D eigenvalue weighted by Gasteiger charge is -1.83. The third-order valence-corrected chi connectivity index (χ3v) is 2.72. The van der Waals surface area contributed by atoms with Crippen molar-refractivity contribution in [2.45, 2.75) is 18.4 Å². The van der Waals surface area contributed by atoms with E-state index in [1.54, 1.807) is 5.38 Å². The molecule has 0 aliphatic rings. The lowest BCUT2D eigenvalue weighted by atomic mass is 10.5. The van der Waals surface area contributed by atoms with E-state index in [0.29, 0.717) is 0 Å². The second-order valence-corrected chi connectivity index (χ2v) is 3.54. The minimum Gasteiger partial charge on any atom is -0.301 e. The highest BCUT2D eigenvalue weighted by Crippen LogP contribution is 2.11. The Morgan fingerprint density at radius 2 is 2.60 bits per heavy atom. The molecule has 56 valence electrons. The molecule has 0 spiro atoms. The fraction of sp³-hybridized carbons (Fsp3) is 0.400. The maximum atomic E-state index is 10.4. The fourth-order valence-corrected chi connectivity index (χ4v) is 1.86. The van der Waals surface area contributed by atoms with Gasteiger partial charge in [0.1, 0.15) is 0 Å². The number of thiazole rings is 1. The van der Waals surface area contributed by atoms with Gasteiger partial charge in [0.25, 0.3) is 0 Å². The SMILES string of the molecule is CCc1nc(S(=O)O)cs1. The highest BCUT2D eigenvalue weighted by Gasteiger charge is 2.03. The molecule has 5 heteroatoms. The Bertz CT molecular complexity index is 246. The fourth-order valence-electron chi connectivity index (χ4n) is 0.537. The van der Waals surface area contributed by atoms with E-state index < -0.39 is 11.1 Å². The minimum absolute atomic E-state index is 0.266. The van der Waals surface area contributed by atoms with Crippen LogP contribution in [-0.4, -0.2) is 13.7 Å². The van der Waals surface area contributed by atoms with E-state index in [1.807, 2.05) is 6.92 Å². The van der Waals surface area contributed by atoms with Gasteiger partial charge in [0.2, 0.25) is 11.1 Å². The van der Waals surface area contributed by atoms with Gasteiger partial charge in [-0.1, -0.05) is 6.92 Å². The molecule has 0 fully saturated rings. The number of nitrogens with zero attached hydrogens (tertiary/aromatic N) is 1. The molecule has 1 unspecified atom stereocenters. The van der Waals surface area contributed by atoms with Crippen molar-refractivity contribution in [3.05, 3.63) is 10.4 Å². The minimum atomic E-state index is -1.91. The molecule has 10 heavy (non-hydrogen) atoms. The van der Waals surface area contributed by atoms with Crippen LogP contribution < -0.4 is 0 Å². The van der Waals surface area contributed by atoms with Gasteiger partial charge in [0, 0.05) is 5.38 Å². The second kappa shape index (κ2) is 3.23. The van der Waals surface area contributed by atoms with Crippen molar-refractivity contribution in [2.75, 3.05) is 0 Å². The van der Waals surface area contributed by atoms with Crippen molar-refractivity contribution >= 4 is 22.4 Å². The van der Waals surface area contributed by atoms with Crippen LogP contribution in [0.15, 0.2) is 10.4 Å². The molecular formula is C5H7NO2S2. The Labute approximate surface area is 65.4 Å². The first-order chi connectivity index (χ1) is 4.74. The van der Waals surface area contributed by atoms with Crippen LogP contribution in [0.1, 0.15) is 11.9 Å². The predicted octanol–water partition coefficient (Wildman–Crippen LogP) is 1.29. The Morgan fingerprint density at radius 3 is 2.90 bits per heavy atom. The maximum absolute atomic E-state index is 10.4. The second-order valence-electron chi connectivity index (χ2n) is 1.68. The van der Waals surface area contributed by atoms with Crippen LogP contribution in [-0.2, 0) is 17.5 Å². The van der Waals surface area contributed by atoms with E-state index in [1.165, 1.54) is 11.3 Å². The standard InChI is InChI=1S/C5H7NO2S2/c1-2-4-6-5(3-9-4)10(7)8/h3H,2H2,1H3,(H,7,8). The van der Waals surface area contributed by atoms with Crippen molar-refractivity contribution in [1.82, 2.24) is 4.98 Å². The molecule has 3 nitrogen and oxygen atoms in total. The summed E-state index contributed by atoms with van der Waals surface area (Å²) in [6.45, 7) is 1.96. The van der Waals surface area contributed by atoms with Gasteiger partial charge >= 0.3 is 0 Å². The summed E-state index contributed by atoms with van der Waals surface area (Å²) in [6.07, 6.45) is 0.821. The lowest BCUT2D eigenvalue weighted by Crippen LogP contribution is -1.88. The van der Waals surface area contributed by atoms with Crippen LogP contribution in [0.5, 0.6) is 0 Å². The van der Waals surface area contributed by atoms with Crippen molar-refractivity contribution in [3.8, 4) is 0 Å². The summed E-state index contributed by atoms with van der Waals surface area (Å²) in [5, 5.41) is 2.77. The zero-order valence-corrected chi connectivity index (χ0v) is 7.04. The summed E-state index contributed by atoms with van der Waals surface area (Å²) >= 11 is -0.497.